The molecule has 8 heteroatoms. The molecule has 1 saturated heterocycles. The van der Waals surface area contributed by atoms with Gasteiger partial charge in [0.1, 0.15) is 11.6 Å². The van der Waals surface area contributed by atoms with Crippen LogP contribution in [0.1, 0.15) is 24.8 Å². The highest BCUT2D eigenvalue weighted by atomic mass is 32.2. The molecule has 1 aliphatic heterocycles. The van der Waals surface area contributed by atoms with Crippen molar-refractivity contribution in [2.45, 2.75) is 37.9 Å². The van der Waals surface area contributed by atoms with Crippen molar-refractivity contribution in [1.82, 2.24) is 10.2 Å². The number of hydrogen-bond acceptors (Lipinski definition) is 4. The Morgan fingerprint density at radius 1 is 1.25 bits per heavy atom. The Balaban J connectivity index is 1.59. The van der Waals surface area contributed by atoms with Gasteiger partial charge in [0.2, 0.25) is 5.91 Å². The van der Waals surface area contributed by atoms with Gasteiger partial charge in [-0.1, -0.05) is 6.07 Å². The molecule has 1 heterocycles. The molecule has 0 aromatic heterocycles. The topological polar surface area (TPSA) is 66.5 Å². The molecule has 0 spiro atoms. The smallest absolute Gasteiger partial charge is 0.234 e. The van der Waals surface area contributed by atoms with E-state index in [0.29, 0.717) is 12.0 Å². The Hall–Kier alpha value is -1.54. The molecule has 1 atom stereocenters. The van der Waals surface area contributed by atoms with Crippen LogP contribution in [0.15, 0.2) is 18.2 Å². The minimum atomic E-state index is -3.05. The third-order valence-corrected chi connectivity index (χ3v) is 6.16. The van der Waals surface area contributed by atoms with Gasteiger partial charge in [0, 0.05) is 30.3 Å². The van der Waals surface area contributed by atoms with Crippen LogP contribution in [0.2, 0.25) is 0 Å². The van der Waals surface area contributed by atoms with Crippen molar-refractivity contribution in [2.24, 2.45) is 0 Å². The second kappa shape index (κ2) is 6.76. The number of carbonyl (C=O) groups is 1. The van der Waals surface area contributed by atoms with Crippen LogP contribution in [-0.2, 0) is 21.2 Å². The first-order valence-corrected chi connectivity index (χ1v) is 9.82. The van der Waals surface area contributed by atoms with Gasteiger partial charge in [-0.2, -0.15) is 0 Å². The minimum absolute atomic E-state index is 0.0191. The summed E-state index contributed by atoms with van der Waals surface area (Å²) in [5.74, 6) is -1.43. The number of nitrogens with zero attached hydrogens (tertiary/aromatic N) is 1. The van der Waals surface area contributed by atoms with E-state index in [-0.39, 0.29) is 42.6 Å². The summed E-state index contributed by atoms with van der Waals surface area (Å²) in [6.07, 6.45) is 2.31. The molecule has 24 heavy (non-hydrogen) atoms. The molecule has 132 valence electrons. The first-order chi connectivity index (χ1) is 11.3. The molecule has 1 aliphatic carbocycles. The first kappa shape index (κ1) is 17.3. The molecular weight excluding hydrogens is 338 g/mol. The predicted octanol–water partition coefficient (Wildman–Crippen LogP) is 1.23. The van der Waals surface area contributed by atoms with Crippen molar-refractivity contribution >= 4 is 15.7 Å². The lowest BCUT2D eigenvalue weighted by Crippen LogP contribution is -2.43. The molecule has 1 aromatic carbocycles. The summed E-state index contributed by atoms with van der Waals surface area (Å²) in [5.41, 5.74) is 0.347. The molecule has 1 amide bonds. The molecule has 1 aromatic rings. The highest BCUT2D eigenvalue weighted by Crippen LogP contribution is 2.28. The normalized spacial score (nSPS) is 22.7. The van der Waals surface area contributed by atoms with E-state index in [9.17, 15) is 22.0 Å². The van der Waals surface area contributed by atoms with Crippen LogP contribution in [0.5, 0.6) is 0 Å². The van der Waals surface area contributed by atoms with E-state index >= 15 is 0 Å². The fourth-order valence-electron chi connectivity index (χ4n) is 2.99. The third-order valence-electron chi connectivity index (χ3n) is 4.40. The van der Waals surface area contributed by atoms with Gasteiger partial charge in [0.15, 0.2) is 9.84 Å². The molecule has 3 rings (SSSR count). The zero-order valence-electron chi connectivity index (χ0n) is 13.2. The average Bonchev–Trinajstić information content (AvgIpc) is 3.26. The number of nitrogens with one attached hydrogen (secondary N) is 1. The molecule has 2 aliphatic rings. The Morgan fingerprint density at radius 2 is 2.00 bits per heavy atom. The molecule has 2 fully saturated rings. The van der Waals surface area contributed by atoms with E-state index in [2.05, 4.69) is 5.32 Å². The Bertz CT molecular complexity index is 735. The Kier molecular flexibility index (Phi) is 4.87. The van der Waals surface area contributed by atoms with Crippen LogP contribution in [-0.4, -0.2) is 49.4 Å². The SMILES string of the molecule is O=C(CN(Cc1ccc(F)cc1F)C1CC1)N[C@@H]1CCS(=O)(=O)C1. The van der Waals surface area contributed by atoms with Crippen molar-refractivity contribution < 1.29 is 22.0 Å². The predicted molar refractivity (Wildman–Crippen MR) is 85.0 cm³/mol. The number of halogens is 2. The van der Waals surface area contributed by atoms with Crippen molar-refractivity contribution in [3.05, 3.63) is 35.4 Å². The van der Waals surface area contributed by atoms with Crippen molar-refractivity contribution in [3.63, 3.8) is 0 Å². The van der Waals surface area contributed by atoms with Gasteiger partial charge in [0.25, 0.3) is 0 Å². The van der Waals surface area contributed by atoms with Gasteiger partial charge in [-0.25, -0.2) is 17.2 Å². The van der Waals surface area contributed by atoms with Crippen molar-refractivity contribution in [1.29, 1.82) is 0 Å². The number of sulfone groups is 1. The van der Waals surface area contributed by atoms with Crippen LogP contribution < -0.4 is 5.32 Å². The highest BCUT2D eigenvalue weighted by molar-refractivity contribution is 7.91. The second-order valence-corrected chi connectivity index (χ2v) is 8.77. The van der Waals surface area contributed by atoms with E-state index in [1.165, 1.54) is 12.1 Å². The lowest BCUT2D eigenvalue weighted by molar-refractivity contribution is -0.123. The second-order valence-electron chi connectivity index (χ2n) is 6.54. The van der Waals surface area contributed by atoms with Crippen LogP contribution in [0, 0.1) is 11.6 Å². The molecule has 1 saturated carbocycles. The summed E-state index contributed by atoms with van der Waals surface area (Å²) in [6, 6.07) is 3.30. The van der Waals surface area contributed by atoms with Gasteiger partial charge in [-0.3, -0.25) is 9.69 Å². The highest BCUT2D eigenvalue weighted by Gasteiger charge is 2.33. The maximum atomic E-state index is 13.8. The Labute approximate surface area is 139 Å². The molecule has 0 radical (unpaired) electrons. The number of benzene rings is 1. The summed E-state index contributed by atoms with van der Waals surface area (Å²) < 4.78 is 49.7. The van der Waals surface area contributed by atoms with Crippen LogP contribution in [0.3, 0.4) is 0 Å². The summed E-state index contributed by atoms with van der Waals surface area (Å²) in [6.45, 7) is 0.311. The van der Waals surface area contributed by atoms with E-state index in [1.807, 2.05) is 4.90 Å². The Morgan fingerprint density at radius 3 is 2.58 bits per heavy atom. The summed E-state index contributed by atoms with van der Waals surface area (Å²) in [5, 5.41) is 2.74. The number of amides is 1. The lowest BCUT2D eigenvalue weighted by atomic mass is 10.2. The number of hydrogen-bond donors (Lipinski definition) is 1. The van der Waals surface area contributed by atoms with E-state index in [4.69, 9.17) is 0 Å². The zero-order valence-corrected chi connectivity index (χ0v) is 14.0. The molecule has 1 N–H and O–H groups in total. The van der Waals surface area contributed by atoms with E-state index in [1.54, 1.807) is 0 Å². The molecule has 0 unspecified atom stereocenters. The number of rotatable bonds is 6. The number of carbonyl (C=O) groups excluding carboxylic acids is 1. The lowest BCUT2D eigenvalue weighted by Gasteiger charge is -2.22. The first-order valence-electron chi connectivity index (χ1n) is 8.00. The molecule has 0 bridgehead atoms. The van der Waals surface area contributed by atoms with E-state index in [0.717, 1.165) is 18.9 Å². The largest absolute Gasteiger partial charge is 0.351 e. The van der Waals surface area contributed by atoms with Gasteiger partial charge >= 0.3 is 0 Å². The maximum absolute atomic E-state index is 13.8. The van der Waals surface area contributed by atoms with Crippen molar-refractivity contribution in [3.8, 4) is 0 Å². The third kappa shape index (κ3) is 4.51. The zero-order chi connectivity index (χ0) is 17.3. The maximum Gasteiger partial charge on any atom is 0.234 e. The van der Waals surface area contributed by atoms with Crippen LogP contribution in [0.4, 0.5) is 8.78 Å². The van der Waals surface area contributed by atoms with Gasteiger partial charge in [0.05, 0.1) is 18.1 Å². The monoisotopic (exact) mass is 358 g/mol. The van der Waals surface area contributed by atoms with E-state index < -0.39 is 21.5 Å². The summed E-state index contributed by atoms with van der Waals surface area (Å²) in [7, 11) is -3.05. The fourth-order valence-corrected chi connectivity index (χ4v) is 4.66. The average molecular weight is 358 g/mol. The summed E-state index contributed by atoms with van der Waals surface area (Å²) in [4.78, 5) is 14.0. The van der Waals surface area contributed by atoms with Crippen molar-refractivity contribution in [2.75, 3.05) is 18.1 Å². The molecule has 5 nitrogen and oxygen atoms in total. The van der Waals surface area contributed by atoms with Crippen LogP contribution >= 0.6 is 0 Å². The van der Waals surface area contributed by atoms with Crippen LogP contribution in [0.25, 0.3) is 0 Å². The van der Waals surface area contributed by atoms with Gasteiger partial charge in [-0.05, 0) is 25.3 Å². The fraction of sp³-hybridized carbons (Fsp3) is 0.562. The summed E-state index contributed by atoms with van der Waals surface area (Å²) >= 11 is 0. The van der Waals surface area contributed by atoms with Gasteiger partial charge < -0.3 is 5.32 Å². The molecular formula is C16H20F2N2O3S. The van der Waals surface area contributed by atoms with Gasteiger partial charge in [-0.15, -0.1) is 0 Å². The standard InChI is InChI=1S/C16H20F2N2O3S/c17-12-2-1-11(15(18)7-12)8-20(14-3-4-14)9-16(21)19-13-5-6-24(22,23)10-13/h1-2,7,13-14H,3-6,8-10H2,(H,19,21)/t13-/m1/s1. The quantitative estimate of drug-likeness (QED) is 0.831. The minimum Gasteiger partial charge on any atom is -0.351 e.